The van der Waals surface area contributed by atoms with Gasteiger partial charge in [0.15, 0.2) is 5.96 Å². The van der Waals surface area contributed by atoms with Gasteiger partial charge in [-0.25, -0.2) is 4.99 Å². The Bertz CT molecular complexity index is 554. The van der Waals surface area contributed by atoms with E-state index in [1.165, 1.54) is 25.7 Å². The number of rotatable bonds is 4. The van der Waals surface area contributed by atoms with Gasteiger partial charge in [-0.15, -0.1) is 24.0 Å². The number of nitrogens with one attached hydrogen (secondary N) is 2. The Morgan fingerprint density at radius 1 is 1.23 bits per heavy atom. The van der Waals surface area contributed by atoms with Crippen LogP contribution in [-0.4, -0.2) is 73.9 Å². The summed E-state index contributed by atoms with van der Waals surface area (Å²) in [5.41, 5.74) is 0. The van der Waals surface area contributed by atoms with Crippen molar-refractivity contribution in [3.8, 4) is 0 Å². The first-order chi connectivity index (χ1) is 11.9. The molecule has 2 bridgehead atoms. The number of aliphatic imine (C=N–C) groups is 1. The van der Waals surface area contributed by atoms with E-state index in [-0.39, 0.29) is 48.4 Å². The Labute approximate surface area is 173 Å². The van der Waals surface area contributed by atoms with Crippen LogP contribution in [0, 0.1) is 11.8 Å². The van der Waals surface area contributed by atoms with Crippen molar-refractivity contribution < 1.29 is 9.59 Å². The van der Waals surface area contributed by atoms with Gasteiger partial charge in [0.25, 0.3) is 0 Å². The van der Waals surface area contributed by atoms with Crippen molar-refractivity contribution >= 4 is 41.8 Å². The largest absolute Gasteiger partial charge is 0.353 e. The zero-order chi connectivity index (χ0) is 18.0. The van der Waals surface area contributed by atoms with Gasteiger partial charge >= 0.3 is 0 Å². The Hall–Kier alpha value is -1.06. The number of likely N-dealkylation sites (tertiary alicyclic amines) is 1. The van der Waals surface area contributed by atoms with Gasteiger partial charge in [0.05, 0.1) is 0 Å². The van der Waals surface area contributed by atoms with Gasteiger partial charge in [-0.2, -0.15) is 0 Å². The molecule has 4 unspecified atom stereocenters. The lowest BCUT2D eigenvalue weighted by molar-refractivity contribution is -0.132. The molecule has 0 aromatic heterocycles. The Balaban J connectivity index is 0.00000243. The highest BCUT2D eigenvalue weighted by atomic mass is 127. The van der Waals surface area contributed by atoms with Gasteiger partial charge in [0.2, 0.25) is 11.8 Å². The second kappa shape index (κ2) is 9.23. The van der Waals surface area contributed by atoms with Crippen molar-refractivity contribution in [2.75, 3.05) is 34.2 Å². The maximum Gasteiger partial charge on any atom is 0.243 e. The van der Waals surface area contributed by atoms with Crippen LogP contribution in [-0.2, 0) is 9.59 Å². The number of halogens is 1. The van der Waals surface area contributed by atoms with E-state index in [4.69, 9.17) is 0 Å². The molecule has 4 atom stereocenters. The van der Waals surface area contributed by atoms with Crippen molar-refractivity contribution in [1.29, 1.82) is 0 Å². The predicted molar refractivity (Wildman–Crippen MR) is 113 cm³/mol. The Morgan fingerprint density at radius 3 is 2.58 bits per heavy atom. The lowest BCUT2D eigenvalue weighted by Gasteiger charge is -2.33. The van der Waals surface area contributed by atoms with Crippen LogP contribution in [0.25, 0.3) is 0 Å². The molecule has 2 aliphatic carbocycles. The summed E-state index contributed by atoms with van der Waals surface area (Å²) in [5.74, 6) is 2.49. The molecule has 3 rings (SSSR count). The predicted octanol–water partition coefficient (Wildman–Crippen LogP) is 1.04. The molecule has 7 nitrogen and oxygen atoms in total. The van der Waals surface area contributed by atoms with E-state index in [1.807, 2.05) is 7.05 Å². The summed E-state index contributed by atoms with van der Waals surface area (Å²) in [6, 6.07) is 0.643. The van der Waals surface area contributed by atoms with E-state index in [2.05, 4.69) is 15.6 Å². The van der Waals surface area contributed by atoms with E-state index in [1.54, 1.807) is 23.9 Å². The average molecular weight is 477 g/mol. The van der Waals surface area contributed by atoms with Crippen LogP contribution in [0.15, 0.2) is 4.99 Å². The third-order valence-corrected chi connectivity index (χ3v) is 5.90. The first-order valence-corrected chi connectivity index (χ1v) is 9.44. The molecule has 26 heavy (non-hydrogen) atoms. The SMILES string of the molecule is CN(C)C(=O)CN=C(NC1CCC(=O)N(C)C1)NC1CC2CCC1C2.I. The molecule has 0 radical (unpaired) electrons. The average Bonchev–Trinajstić information content (AvgIpc) is 3.18. The van der Waals surface area contributed by atoms with Crippen LogP contribution in [0.4, 0.5) is 0 Å². The fourth-order valence-corrected chi connectivity index (χ4v) is 4.34. The van der Waals surface area contributed by atoms with E-state index < -0.39 is 0 Å². The minimum Gasteiger partial charge on any atom is -0.353 e. The summed E-state index contributed by atoms with van der Waals surface area (Å²) in [6.45, 7) is 0.822. The Morgan fingerprint density at radius 2 is 2.00 bits per heavy atom. The van der Waals surface area contributed by atoms with Gasteiger partial charge in [-0.1, -0.05) is 6.42 Å². The van der Waals surface area contributed by atoms with Crippen LogP contribution in [0.5, 0.6) is 0 Å². The summed E-state index contributed by atoms with van der Waals surface area (Å²) >= 11 is 0. The fraction of sp³-hybridized carbons (Fsp3) is 0.833. The van der Waals surface area contributed by atoms with E-state index >= 15 is 0 Å². The summed E-state index contributed by atoms with van der Waals surface area (Å²) < 4.78 is 0. The highest BCUT2D eigenvalue weighted by Gasteiger charge is 2.40. The molecule has 1 aliphatic heterocycles. The van der Waals surface area contributed by atoms with Gasteiger partial charge < -0.3 is 20.4 Å². The number of hydrogen-bond donors (Lipinski definition) is 2. The van der Waals surface area contributed by atoms with Gasteiger partial charge in [-0.05, 0) is 37.5 Å². The molecular formula is C18H32IN5O2. The third kappa shape index (κ3) is 5.23. The summed E-state index contributed by atoms with van der Waals surface area (Å²) in [4.78, 5) is 31.4. The number of piperidine rings is 1. The normalized spacial score (nSPS) is 30.8. The molecule has 0 spiro atoms. The quantitative estimate of drug-likeness (QED) is 0.361. The van der Waals surface area contributed by atoms with Crippen LogP contribution < -0.4 is 10.6 Å². The van der Waals surface area contributed by atoms with E-state index in [0.29, 0.717) is 19.0 Å². The molecule has 0 aromatic rings. The first kappa shape index (κ1) is 21.2. The molecule has 3 fully saturated rings. The van der Waals surface area contributed by atoms with Gasteiger partial charge in [0, 0.05) is 46.2 Å². The van der Waals surface area contributed by atoms with Crippen LogP contribution >= 0.6 is 24.0 Å². The van der Waals surface area contributed by atoms with Crippen LogP contribution in [0.3, 0.4) is 0 Å². The molecule has 0 aromatic carbocycles. The molecule has 148 valence electrons. The second-order valence-electron chi connectivity index (χ2n) is 8.03. The number of nitrogens with zero attached hydrogens (tertiary/aromatic N) is 3. The number of fused-ring (bicyclic) bond motifs is 2. The van der Waals surface area contributed by atoms with E-state index in [9.17, 15) is 9.59 Å². The van der Waals surface area contributed by atoms with Crippen molar-refractivity contribution in [2.45, 2.75) is 50.6 Å². The molecule has 2 N–H and O–H groups in total. The molecule has 3 aliphatic rings. The van der Waals surface area contributed by atoms with Crippen molar-refractivity contribution in [3.05, 3.63) is 0 Å². The monoisotopic (exact) mass is 477 g/mol. The summed E-state index contributed by atoms with van der Waals surface area (Å²) in [7, 11) is 5.33. The van der Waals surface area contributed by atoms with Gasteiger partial charge in [-0.3, -0.25) is 9.59 Å². The van der Waals surface area contributed by atoms with Crippen molar-refractivity contribution in [1.82, 2.24) is 20.4 Å². The minimum atomic E-state index is -0.00928. The number of hydrogen-bond acceptors (Lipinski definition) is 3. The number of carbonyl (C=O) groups is 2. The topological polar surface area (TPSA) is 77.0 Å². The molecular weight excluding hydrogens is 445 g/mol. The molecule has 8 heteroatoms. The van der Waals surface area contributed by atoms with Crippen LogP contribution in [0.1, 0.15) is 38.5 Å². The molecule has 2 amide bonds. The summed E-state index contributed by atoms with van der Waals surface area (Å²) in [6.07, 6.45) is 6.55. The fourth-order valence-electron chi connectivity index (χ4n) is 4.34. The molecule has 2 saturated carbocycles. The maximum atomic E-state index is 11.9. The number of guanidine groups is 1. The second-order valence-corrected chi connectivity index (χ2v) is 8.03. The van der Waals surface area contributed by atoms with Crippen molar-refractivity contribution in [2.24, 2.45) is 16.8 Å². The standard InChI is InChI=1S/C18H31N5O2.HI/c1-22(2)17(25)10-19-18(20-14-6-7-16(24)23(3)11-14)21-15-9-12-4-5-13(15)8-12;/h12-15H,4-11H2,1-3H3,(H2,19,20,21);1H. The summed E-state index contributed by atoms with van der Waals surface area (Å²) in [5, 5.41) is 7.04. The first-order valence-electron chi connectivity index (χ1n) is 9.44. The maximum absolute atomic E-state index is 11.9. The van der Waals surface area contributed by atoms with Crippen molar-refractivity contribution in [3.63, 3.8) is 0 Å². The lowest BCUT2D eigenvalue weighted by Crippen LogP contribution is -2.54. The van der Waals surface area contributed by atoms with E-state index in [0.717, 1.165) is 24.2 Å². The highest BCUT2D eigenvalue weighted by molar-refractivity contribution is 14.0. The molecule has 1 saturated heterocycles. The smallest absolute Gasteiger partial charge is 0.243 e. The third-order valence-electron chi connectivity index (χ3n) is 5.90. The number of likely N-dealkylation sites (N-methyl/N-ethyl adjacent to an activating group) is 2. The lowest BCUT2D eigenvalue weighted by atomic mass is 9.95. The zero-order valence-electron chi connectivity index (χ0n) is 16.0. The van der Waals surface area contributed by atoms with Crippen LogP contribution in [0.2, 0.25) is 0 Å². The minimum absolute atomic E-state index is 0. The van der Waals surface area contributed by atoms with Gasteiger partial charge in [0.1, 0.15) is 6.54 Å². The number of amides is 2. The Kier molecular flexibility index (Phi) is 7.54. The molecule has 1 heterocycles. The number of carbonyl (C=O) groups excluding carboxylic acids is 2. The highest BCUT2D eigenvalue weighted by Crippen LogP contribution is 2.44. The zero-order valence-corrected chi connectivity index (χ0v) is 18.4.